The van der Waals surface area contributed by atoms with Gasteiger partial charge in [-0.2, -0.15) is 0 Å². The lowest BCUT2D eigenvalue weighted by Crippen LogP contribution is -1.95. The van der Waals surface area contributed by atoms with Crippen molar-refractivity contribution in [2.24, 2.45) is 7.05 Å². The Morgan fingerprint density at radius 2 is 1.33 bits per heavy atom. The first-order valence-electron chi connectivity index (χ1n) is 8.05. The van der Waals surface area contributed by atoms with Gasteiger partial charge in [-0.05, 0) is 29.3 Å². The highest BCUT2D eigenvalue weighted by Crippen LogP contribution is 2.37. The molecular formula is C22H18N2. The molecule has 2 heterocycles. The van der Waals surface area contributed by atoms with Gasteiger partial charge in [-0.25, -0.2) is 0 Å². The lowest BCUT2D eigenvalue weighted by atomic mass is 10.0. The Balaban J connectivity index is 1.99. The van der Waals surface area contributed by atoms with Crippen molar-refractivity contribution in [3.05, 3.63) is 91.3 Å². The van der Waals surface area contributed by atoms with Crippen LogP contribution in [0.4, 0.5) is 0 Å². The summed E-state index contributed by atoms with van der Waals surface area (Å²) in [7, 11) is 2.12. The third kappa shape index (κ3) is 2.52. The minimum absolute atomic E-state index is 1.12. The number of hydrogen-bond acceptors (Lipinski definition) is 1. The number of nitrogens with zero attached hydrogens (tertiary/aromatic N) is 2. The maximum Gasteiger partial charge on any atom is 0.0562 e. The van der Waals surface area contributed by atoms with Crippen molar-refractivity contribution in [1.82, 2.24) is 9.55 Å². The van der Waals surface area contributed by atoms with Crippen molar-refractivity contribution in [1.29, 1.82) is 0 Å². The molecule has 4 rings (SSSR count). The van der Waals surface area contributed by atoms with Gasteiger partial charge < -0.3 is 4.57 Å². The van der Waals surface area contributed by atoms with Gasteiger partial charge in [0.15, 0.2) is 0 Å². The Bertz CT molecular complexity index is 939. The van der Waals surface area contributed by atoms with Crippen LogP contribution in [-0.2, 0) is 7.05 Å². The van der Waals surface area contributed by atoms with Crippen molar-refractivity contribution in [3.63, 3.8) is 0 Å². The predicted octanol–water partition coefficient (Wildman–Crippen LogP) is 5.42. The molecule has 0 fully saturated rings. The predicted molar refractivity (Wildman–Crippen MR) is 99.5 cm³/mol. The Labute approximate surface area is 142 Å². The largest absolute Gasteiger partial charge is 0.343 e. The van der Waals surface area contributed by atoms with E-state index in [4.69, 9.17) is 0 Å². The highest BCUT2D eigenvalue weighted by atomic mass is 15.0. The van der Waals surface area contributed by atoms with Crippen LogP contribution >= 0.6 is 0 Å². The van der Waals surface area contributed by atoms with E-state index in [1.807, 2.05) is 18.5 Å². The molecule has 0 N–H and O–H groups in total. The summed E-state index contributed by atoms with van der Waals surface area (Å²) >= 11 is 0. The summed E-state index contributed by atoms with van der Waals surface area (Å²) in [5.74, 6) is 0. The first kappa shape index (κ1) is 14.5. The van der Waals surface area contributed by atoms with Gasteiger partial charge in [-0.3, -0.25) is 4.98 Å². The SMILES string of the molecule is Cn1c(-c2cccnc2)cc(-c2ccccc2)c1-c1ccccc1. The van der Waals surface area contributed by atoms with Crippen LogP contribution in [0, 0.1) is 0 Å². The summed E-state index contributed by atoms with van der Waals surface area (Å²) in [5.41, 5.74) is 7.19. The number of pyridine rings is 1. The molecule has 0 bridgehead atoms. The van der Waals surface area contributed by atoms with Crippen molar-refractivity contribution >= 4 is 0 Å². The van der Waals surface area contributed by atoms with Crippen LogP contribution in [0.25, 0.3) is 33.6 Å². The lowest BCUT2D eigenvalue weighted by molar-refractivity contribution is 0.945. The van der Waals surface area contributed by atoms with E-state index in [9.17, 15) is 0 Å². The highest BCUT2D eigenvalue weighted by molar-refractivity contribution is 5.86. The van der Waals surface area contributed by atoms with Crippen LogP contribution in [0.1, 0.15) is 0 Å². The van der Waals surface area contributed by atoms with Crippen molar-refractivity contribution in [3.8, 4) is 33.6 Å². The molecular weight excluding hydrogens is 292 g/mol. The molecule has 0 spiro atoms. The maximum absolute atomic E-state index is 4.27. The summed E-state index contributed by atoms with van der Waals surface area (Å²) in [6.45, 7) is 0. The molecule has 0 saturated heterocycles. The smallest absolute Gasteiger partial charge is 0.0562 e. The second kappa shape index (κ2) is 6.17. The number of rotatable bonds is 3. The van der Waals surface area contributed by atoms with Crippen LogP contribution in [0.5, 0.6) is 0 Å². The molecule has 2 aromatic heterocycles. The average Bonchev–Trinajstić information content (AvgIpc) is 3.01. The molecule has 24 heavy (non-hydrogen) atoms. The third-order valence-electron chi connectivity index (χ3n) is 4.32. The molecule has 0 radical (unpaired) electrons. The van der Waals surface area contributed by atoms with E-state index in [1.165, 1.54) is 28.1 Å². The van der Waals surface area contributed by atoms with Gasteiger partial charge in [0.05, 0.1) is 11.4 Å². The van der Waals surface area contributed by atoms with E-state index in [1.54, 1.807) is 0 Å². The minimum atomic E-state index is 1.12. The molecule has 116 valence electrons. The monoisotopic (exact) mass is 310 g/mol. The quantitative estimate of drug-likeness (QED) is 0.494. The summed E-state index contributed by atoms with van der Waals surface area (Å²) in [6.07, 6.45) is 3.72. The van der Waals surface area contributed by atoms with Gasteiger partial charge in [-0.15, -0.1) is 0 Å². The van der Waals surface area contributed by atoms with Gasteiger partial charge in [0.1, 0.15) is 0 Å². The topological polar surface area (TPSA) is 17.8 Å². The van der Waals surface area contributed by atoms with E-state index in [2.05, 4.69) is 89.4 Å². The maximum atomic E-state index is 4.27. The molecule has 0 aliphatic rings. The van der Waals surface area contributed by atoms with Crippen molar-refractivity contribution < 1.29 is 0 Å². The van der Waals surface area contributed by atoms with E-state index >= 15 is 0 Å². The number of benzene rings is 2. The molecule has 0 aliphatic heterocycles. The molecule has 2 heteroatoms. The zero-order valence-electron chi connectivity index (χ0n) is 13.6. The fourth-order valence-electron chi connectivity index (χ4n) is 3.18. The second-order valence-corrected chi connectivity index (χ2v) is 5.82. The Hall–Kier alpha value is -3.13. The zero-order chi connectivity index (χ0) is 16.4. The summed E-state index contributed by atoms with van der Waals surface area (Å²) in [4.78, 5) is 4.27. The second-order valence-electron chi connectivity index (χ2n) is 5.82. The molecule has 0 aliphatic carbocycles. The van der Waals surface area contributed by atoms with Gasteiger partial charge in [-0.1, -0.05) is 60.7 Å². The molecule has 2 aromatic carbocycles. The molecule has 0 unspecified atom stereocenters. The van der Waals surface area contributed by atoms with Crippen molar-refractivity contribution in [2.45, 2.75) is 0 Å². The Morgan fingerprint density at radius 3 is 1.96 bits per heavy atom. The normalized spacial score (nSPS) is 10.7. The average molecular weight is 310 g/mol. The van der Waals surface area contributed by atoms with Crippen LogP contribution in [0.2, 0.25) is 0 Å². The summed E-state index contributed by atoms with van der Waals surface area (Å²) in [6, 6.07) is 27.4. The Kier molecular flexibility index (Phi) is 3.72. The van der Waals surface area contributed by atoms with Crippen molar-refractivity contribution in [2.75, 3.05) is 0 Å². The zero-order valence-corrected chi connectivity index (χ0v) is 13.6. The minimum Gasteiger partial charge on any atom is -0.343 e. The van der Waals surface area contributed by atoms with E-state index in [0.717, 1.165) is 5.56 Å². The first-order chi connectivity index (χ1) is 11.8. The molecule has 2 nitrogen and oxygen atoms in total. The Morgan fingerprint density at radius 1 is 0.708 bits per heavy atom. The van der Waals surface area contributed by atoms with Gasteiger partial charge >= 0.3 is 0 Å². The highest BCUT2D eigenvalue weighted by Gasteiger charge is 2.16. The fraction of sp³-hybridized carbons (Fsp3) is 0.0455. The number of hydrogen-bond donors (Lipinski definition) is 0. The molecule has 0 saturated carbocycles. The van der Waals surface area contributed by atoms with Crippen LogP contribution < -0.4 is 0 Å². The third-order valence-corrected chi connectivity index (χ3v) is 4.32. The van der Waals surface area contributed by atoms with E-state index < -0.39 is 0 Å². The van der Waals surface area contributed by atoms with Crippen LogP contribution in [-0.4, -0.2) is 9.55 Å². The molecule has 4 aromatic rings. The van der Waals surface area contributed by atoms with Gasteiger partial charge in [0.25, 0.3) is 0 Å². The summed E-state index contributed by atoms with van der Waals surface area (Å²) < 4.78 is 2.26. The molecule has 0 amide bonds. The van der Waals surface area contributed by atoms with Gasteiger partial charge in [0, 0.05) is 30.6 Å². The van der Waals surface area contributed by atoms with E-state index in [-0.39, 0.29) is 0 Å². The lowest BCUT2D eigenvalue weighted by Gasteiger charge is -2.10. The standard InChI is InChI=1S/C22H18N2/c1-24-21(19-13-8-14-23-16-19)15-20(17-9-4-2-5-10-17)22(24)18-11-6-3-7-12-18/h2-16H,1H3. The van der Waals surface area contributed by atoms with Crippen LogP contribution in [0.15, 0.2) is 91.3 Å². The first-order valence-corrected chi connectivity index (χ1v) is 8.05. The fourth-order valence-corrected chi connectivity index (χ4v) is 3.18. The van der Waals surface area contributed by atoms with Crippen LogP contribution in [0.3, 0.4) is 0 Å². The number of aromatic nitrogens is 2. The van der Waals surface area contributed by atoms with E-state index in [0.29, 0.717) is 0 Å². The summed E-state index contributed by atoms with van der Waals surface area (Å²) in [5, 5.41) is 0. The van der Waals surface area contributed by atoms with Gasteiger partial charge in [0.2, 0.25) is 0 Å². The molecule has 0 atom stereocenters.